The van der Waals surface area contributed by atoms with Gasteiger partial charge in [-0.25, -0.2) is 8.42 Å². The molecule has 0 aliphatic carbocycles. The largest absolute Gasteiger partial charge is 0.493 e. The van der Waals surface area contributed by atoms with E-state index in [1.807, 2.05) is 32.0 Å². The van der Waals surface area contributed by atoms with E-state index in [2.05, 4.69) is 15.9 Å². The van der Waals surface area contributed by atoms with Crippen LogP contribution in [0.1, 0.15) is 25.3 Å². The van der Waals surface area contributed by atoms with Crippen LogP contribution in [0.2, 0.25) is 0 Å². The van der Waals surface area contributed by atoms with Gasteiger partial charge in [-0.1, -0.05) is 28.9 Å². The Labute approximate surface area is 127 Å². The highest BCUT2D eigenvalue weighted by Gasteiger charge is 2.10. The van der Waals surface area contributed by atoms with Gasteiger partial charge in [0, 0.05) is 15.2 Å². The molecule has 0 saturated carbocycles. The van der Waals surface area contributed by atoms with Crippen molar-refractivity contribution < 1.29 is 13.2 Å². The summed E-state index contributed by atoms with van der Waals surface area (Å²) in [7, 11) is 1.80. The van der Waals surface area contributed by atoms with Gasteiger partial charge in [-0.3, -0.25) is 0 Å². The SMILES string of the molecule is Cc1ccc(Br)cc1OCCC(C)CCS(=O)(=O)Cl. The predicted molar refractivity (Wildman–Crippen MR) is 82.4 cm³/mol. The van der Waals surface area contributed by atoms with Crippen molar-refractivity contribution in [3.8, 4) is 5.75 Å². The highest BCUT2D eigenvalue weighted by Crippen LogP contribution is 2.23. The van der Waals surface area contributed by atoms with Crippen LogP contribution in [0.15, 0.2) is 22.7 Å². The molecule has 0 radical (unpaired) electrons. The van der Waals surface area contributed by atoms with E-state index in [1.165, 1.54) is 0 Å². The van der Waals surface area contributed by atoms with Crippen LogP contribution < -0.4 is 4.74 Å². The van der Waals surface area contributed by atoms with E-state index in [0.717, 1.165) is 22.2 Å². The molecular weight excluding hydrogens is 352 g/mol. The minimum Gasteiger partial charge on any atom is -0.493 e. The van der Waals surface area contributed by atoms with Gasteiger partial charge in [-0.2, -0.15) is 0 Å². The molecule has 1 unspecified atom stereocenters. The summed E-state index contributed by atoms with van der Waals surface area (Å²) in [6.45, 7) is 4.56. The average Bonchev–Trinajstić information content (AvgIpc) is 2.30. The average molecular weight is 370 g/mol. The van der Waals surface area contributed by atoms with Crippen LogP contribution in [0.25, 0.3) is 0 Å². The minimum absolute atomic E-state index is 0.0195. The molecule has 0 aromatic heterocycles. The molecule has 1 atom stereocenters. The van der Waals surface area contributed by atoms with Crippen LogP contribution >= 0.6 is 26.6 Å². The normalized spacial score (nSPS) is 13.3. The smallest absolute Gasteiger partial charge is 0.232 e. The molecule has 1 rings (SSSR count). The van der Waals surface area contributed by atoms with Gasteiger partial charge >= 0.3 is 0 Å². The van der Waals surface area contributed by atoms with E-state index in [9.17, 15) is 8.42 Å². The summed E-state index contributed by atoms with van der Waals surface area (Å²) in [5.41, 5.74) is 1.08. The molecule has 0 saturated heterocycles. The summed E-state index contributed by atoms with van der Waals surface area (Å²) in [5, 5.41) is 0. The van der Waals surface area contributed by atoms with Crippen molar-refractivity contribution in [2.45, 2.75) is 26.7 Å². The third-order valence-corrected chi connectivity index (χ3v) is 4.55. The molecule has 0 fully saturated rings. The van der Waals surface area contributed by atoms with Crippen molar-refractivity contribution >= 4 is 35.7 Å². The van der Waals surface area contributed by atoms with Gasteiger partial charge in [0.05, 0.1) is 12.4 Å². The maximum atomic E-state index is 10.8. The van der Waals surface area contributed by atoms with E-state index < -0.39 is 9.05 Å². The fourth-order valence-corrected chi connectivity index (χ4v) is 2.88. The van der Waals surface area contributed by atoms with Crippen LogP contribution in [-0.4, -0.2) is 20.8 Å². The summed E-state index contributed by atoms with van der Waals surface area (Å²) in [4.78, 5) is 0. The molecule has 0 heterocycles. The van der Waals surface area contributed by atoms with Gasteiger partial charge in [0.1, 0.15) is 5.75 Å². The molecule has 0 spiro atoms. The van der Waals surface area contributed by atoms with E-state index in [0.29, 0.717) is 13.0 Å². The molecule has 0 amide bonds. The summed E-state index contributed by atoms with van der Waals surface area (Å²) >= 11 is 3.40. The Hall–Kier alpha value is -0.260. The Morgan fingerprint density at radius 2 is 2.05 bits per heavy atom. The fourth-order valence-electron chi connectivity index (χ4n) is 1.59. The second-order valence-electron chi connectivity index (χ2n) is 4.68. The number of halogens is 2. The van der Waals surface area contributed by atoms with Crippen LogP contribution in [-0.2, 0) is 9.05 Å². The zero-order valence-electron chi connectivity index (χ0n) is 11.0. The third-order valence-electron chi connectivity index (χ3n) is 2.87. The zero-order valence-corrected chi connectivity index (χ0v) is 14.2. The number of benzene rings is 1. The lowest BCUT2D eigenvalue weighted by atomic mass is 10.1. The number of hydrogen-bond acceptors (Lipinski definition) is 3. The molecule has 0 bridgehead atoms. The van der Waals surface area contributed by atoms with Crippen molar-refractivity contribution in [1.29, 1.82) is 0 Å². The first kappa shape index (κ1) is 16.8. The maximum Gasteiger partial charge on any atom is 0.232 e. The number of rotatable bonds is 7. The predicted octanol–water partition coefficient (Wildman–Crippen LogP) is 4.12. The molecule has 1 aromatic carbocycles. The monoisotopic (exact) mass is 368 g/mol. The van der Waals surface area contributed by atoms with Gasteiger partial charge in [0.2, 0.25) is 9.05 Å². The Bertz CT molecular complexity index is 517. The molecule has 3 nitrogen and oxygen atoms in total. The van der Waals surface area contributed by atoms with Crippen LogP contribution in [0, 0.1) is 12.8 Å². The first-order chi connectivity index (χ1) is 8.78. The molecule has 108 valence electrons. The van der Waals surface area contributed by atoms with Crippen molar-refractivity contribution in [3.05, 3.63) is 28.2 Å². The molecular formula is C13H18BrClO3S. The van der Waals surface area contributed by atoms with Gasteiger partial charge < -0.3 is 4.74 Å². The lowest BCUT2D eigenvalue weighted by Crippen LogP contribution is -2.08. The Balaban J connectivity index is 2.35. The molecule has 1 aromatic rings. The van der Waals surface area contributed by atoms with Crippen LogP contribution in [0.5, 0.6) is 5.75 Å². The number of aryl methyl sites for hydroxylation is 1. The van der Waals surface area contributed by atoms with Crippen molar-refractivity contribution in [1.82, 2.24) is 0 Å². The van der Waals surface area contributed by atoms with E-state index in [1.54, 1.807) is 0 Å². The molecule has 0 N–H and O–H groups in total. The molecule has 19 heavy (non-hydrogen) atoms. The molecule has 6 heteroatoms. The summed E-state index contributed by atoms with van der Waals surface area (Å²) in [5.74, 6) is 1.14. The first-order valence-corrected chi connectivity index (χ1v) is 9.36. The van der Waals surface area contributed by atoms with E-state index in [4.69, 9.17) is 15.4 Å². The van der Waals surface area contributed by atoms with Crippen LogP contribution in [0.3, 0.4) is 0 Å². The highest BCUT2D eigenvalue weighted by molar-refractivity contribution is 9.10. The quantitative estimate of drug-likeness (QED) is 0.679. The van der Waals surface area contributed by atoms with Crippen molar-refractivity contribution in [3.63, 3.8) is 0 Å². The lowest BCUT2D eigenvalue weighted by Gasteiger charge is -2.13. The number of ether oxygens (including phenoxy) is 1. The summed E-state index contributed by atoms with van der Waals surface area (Å²) < 4.78 is 28.4. The van der Waals surface area contributed by atoms with Crippen LogP contribution in [0.4, 0.5) is 0 Å². The molecule has 0 aliphatic rings. The van der Waals surface area contributed by atoms with Gasteiger partial charge in [-0.05, 0) is 43.4 Å². The maximum absolute atomic E-state index is 10.8. The van der Waals surface area contributed by atoms with Crippen molar-refractivity contribution in [2.75, 3.05) is 12.4 Å². The molecule has 0 aliphatic heterocycles. The zero-order chi connectivity index (χ0) is 14.5. The van der Waals surface area contributed by atoms with Gasteiger partial charge in [0.25, 0.3) is 0 Å². The highest BCUT2D eigenvalue weighted by atomic mass is 79.9. The van der Waals surface area contributed by atoms with E-state index in [-0.39, 0.29) is 11.7 Å². The summed E-state index contributed by atoms with van der Waals surface area (Å²) in [6, 6.07) is 5.89. The lowest BCUT2D eigenvalue weighted by molar-refractivity contribution is 0.280. The second-order valence-corrected chi connectivity index (χ2v) is 8.50. The third kappa shape index (κ3) is 7.18. The Morgan fingerprint density at radius 3 is 2.68 bits per heavy atom. The first-order valence-electron chi connectivity index (χ1n) is 6.09. The van der Waals surface area contributed by atoms with Gasteiger partial charge in [0.15, 0.2) is 0 Å². The fraction of sp³-hybridized carbons (Fsp3) is 0.538. The van der Waals surface area contributed by atoms with E-state index >= 15 is 0 Å². The summed E-state index contributed by atoms with van der Waals surface area (Å²) in [6.07, 6.45) is 1.37. The topological polar surface area (TPSA) is 43.4 Å². The second kappa shape index (κ2) is 7.50. The van der Waals surface area contributed by atoms with Crippen molar-refractivity contribution in [2.24, 2.45) is 5.92 Å². The Kier molecular flexibility index (Phi) is 6.63. The standard InChI is InChI=1S/C13H18BrClO3S/c1-10(6-8-19(15,16)17)5-7-18-13-9-12(14)4-3-11(13)2/h3-4,9-10H,5-8H2,1-2H3. The minimum atomic E-state index is -3.38. The number of hydrogen-bond donors (Lipinski definition) is 0. The van der Waals surface area contributed by atoms with Gasteiger partial charge in [-0.15, -0.1) is 0 Å². The Morgan fingerprint density at radius 1 is 1.37 bits per heavy atom.